The van der Waals surface area contributed by atoms with Crippen LogP contribution in [0.1, 0.15) is 48.4 Å². The maximum Gasteiger partial charge on any atom is 0.254 e. The van der Waals surface area contributed by atoms with Crippen LogP contribution < -0.4 is 0 Å². The van der Waals surface area contributed by atoms with Gasteiger partial charge in [-0.1, -0.05) is 31.5 Å². The van der Waals surface area contributed by atoms with Gasteiger partial charge in [-0.25, -0.2) is 9.37 Å². The molecule has 0 N–H and O–H groups in total. The van der Waals surface area contributed by atoms with E-state index >= 15 is 0 Å². The van der Waals surface area contributed by atoms with Crippen molar-refractivity contribution in [2.45, 2.75) is 46.7 Å². The second-order valence-corrected chi connectivity index (χ2v) is 7.44. The summed E-state index contributed by atoms with van der Waals surface area (Å²) in [5, 5.41) is 0.660. The SMILES string of the molecule is CCCN(Cc1nc2ccc(Cl)cc2n1CCC)C(=O)c1cc(F)ccc1C. The van der Waals surface area contributed by atoms with Crippen LogP contribution in [0.3, 0.4) is 0 Å². The first-order valence-corrected chi connectivity index (χ1v) is 10.0. The molecule has 4 nitrogen and oxygen atoms in total. The second kappa shape index (κ2) is 8.74. The fourth-order valence-electron chi connectivity index (χ4n) is 3.43. The first-order chi connectivity index (χ1) is 13.4. The standard InChI is InChI=1S/C22H25ClFN3O/c1-4-10-26(22(28)18-13-17(24)8-6-15(18)3)14-21-25-19-9-7-16(23)12-20(19)27(21)11-5-2/h6-9,12-13H,4-5,10-11,14H2,1-3H3. The van der Waals surface area contributed by atoms with Gasteiger partial charge in [-0.05, 0) is 55.7 Å². The molecule has 6 heteroatoms. The van der Waals surface area contributed by atoms with Gasteiger partial charge in [0.25, 0.3) is 5.91 Å². The highest BCUT2D eigenvalue weighted by Gasteiger charge is 2.21. The summed E-state index contributed by atoms with van der Waals surface area (Å²) in [5.74, 6) is 0.236. The van der Waals surface area contributed by atoms with Crippen LogP contribution in [0.25, 0.3) is 11.0 Å². The Labute approximate surface area is 169 Å². The lowest BCUT2D eigenvalue weighted by Gasteiger charge is -2.23. The monoisotopic (exact) mass is 401 g/mol. The Bertz CT molecular complexity index is 999. The number of hydrogen-bond acceptors (Lipinski definition) is 2. The third-order valence-corrected chi connectivity index (χ3v) is 5.01. The summed E-state index contributed by atoms with van der Waals surface area (Å²) in [4.78, 5) is 19.6. The van der Waals surface area contributed by atoms with E-state index in [1.165, 1.54) is 12.1 Å². The molecule has 0 saturated carbocycles. The van der Waals surface area contributed by atoms with Crippen LogP contribution in [0.4, 0.5) is 4.39 Å². The Balaban J connectivity index is 1.99. The molecule has 0 saturated heterocycles. The fraction of sp³-hybridized carbons (Fsp3) is 0.364. The van der Waals surface area contributed by atoms with E-state index in [1.54, 1.807) is 11.0 Å². The lowest BCUT2D eigenvalue weighted by molar-refractivity contribution is 0.0736. The van der Waals surface area contributed by atoms with Gasteiger partial charge in [0.2, 0.25) is 0 Å². The number of imidazole rings is 1. The molecule has 1 heterocycles. The lowest BCUT2D eigenvalue weighted by atomic mass is 10.1. The Morgan fingerprint density at radius 3 is 2.68 bits per heavy atom. The first-order valence-electron chi connectivity index (χ1n) is 9.64. The normalized spacial score (nSPS) is 11.2. The molecular formula is C22H25ClFN3O. The van der Waals surface area contributed by atoms with E-state index in [4.69, 9.17) is 16.6 Å². The predicted octanol–water partition coefficient (Wildman–Crippen LogP) is 5.60. The predicted molar refractivity (Wildman–Crippen MR) is 111 cm³/mol. The quantitative estimate of drug-likeness (QED) is 0.516. The number of benzene rings is 2. The summed E-state index contributed by atoms with van der Waals surface area (Å²) in [6, 6.07) is 9.96. The van der Waals surface area contributed by atoms with Crippen molar-refractivity contribution in [2.75, 3.05) is 6.54 Å². The smallest absolute Gasteiger partial charge is 0.254 e. The molecule has 3 rings (SSSR count). The van der Waals surface area contributed by atoms with Crippen LogP contribution >= 0.6 is 11.6 Å². The maximum atomic E-state index is 13.7. The molecule has 0 aliphatic rings. The van der Waals surface area contributed by atoms with Crippen molar-refractivity contribution in [1.29, 1.82) is 0 Å². The van der Waals surface area contributed by atoms with Crippen LogP contribution in [0.15, 0.2) is 36.4 Å². The molecular weight excluding hydrogens is 377 g/mol. The van der Waals surface area contributed by atoms with Gasteiger partial charge in [-0.15, -0.1) is 0 Å². The van der Waals surface area contributed by atoms with Gasteiger partial charge in [0.05, 0.1) is 17.6 Å². The van der Waals surface area contributed by atoms with Gasteiger partial charge < -0.3 is 9.47 Å². The topological polar surface area (TPSA) is 38.1 Å². The third kappa shape index (κ3) is 4.20. The molecule has 0 atom stereocenters. The van der Waals surface area contributed by atoms with Crippen molar-refractivity contribution in [3.05, 3.63) is 64.2 Å². The number of carbonyl (C=O) groups excluding carboxylic acids is 1. The van der Waals surface area contributed by atoms with Crippen LogP contribution in [0.5, 0.6) is 0 Å². The van der Waals surface area contributed by atoms with Gasteiger partial charge in [0.15, 0.2) is 0 Å². The zero-order chi connectivity index (χ0) is 20.3. The van der Waals surface area contributed by atoms with Crippen molar-refractivity contribution < 1.29 is 9.18 Å². The molecule has 2 aromatic carbocycles. The first kappa shape index (κ1) is 20.3. The number of nitrogens with zero attached hydrogens (tertiary/aromatic N) is 3. The van der Waals surface area contributed by atoms with E-state index in [0.29, 0.717) is 23.7 Å². The Hall–Kier alpha value is -2.40. The number of rotatable bonds is 7. The highest BCUT2D eigenvalue weighted by molar-refractivity contribution is 6.31. The third-order valence-electron chi connectivity index (χ3n) is 4.78. The average Bonchev–Trinajstić information content (AvgIpc) is 3.00. The molecule has 0 fully saturated rings. The average molecular weight is 402 g/mol. The number of carbonyl (C=O) groups is 1. The van der Waals surface area contributed by atoms with E-state index in [2.05, 4.69) is 11.5 Å². The number of amides is 1. The molecule has 0 bridgehead atoms. The van der Waals surface area contributed by atoms with Crippen LogP contribution in [-0.2, 0) is 13.1 Å². The van der Waals surface area contributed by atoms with Crippen molar-refractivity contribution in [3.63, 3.8) is 0 Å². The number of hydrogen-bond donors (Lipinski definition) is 0. The van der Waals surface area contributed by atoms with Gasteiger partial charge in [0, 0.05) is 23.7 Å². The Morgan fingerprint density at radius 1 is 1.18 bits per heavy atom. The zero-order valence-electron chi connectivity index (χ0n) is 16.5. The van der Waals surface area contributed by atoms with E-state index in [9.17, 15) is 9.18 Å². The maximum absolute atomic E-state index is 13.7. The summed E-state index contributed by atoms with van der Waals surface area (Å²) in [7, 11) is 0. The summed E-state index contributed by atoms with van der Waals surface area (Å²) in [6.45, 7) is 7.68. The summed E-state index contributed by atoms with van der Waals surface area (Å²) >= 11 is 6.18. The molecule has 0 aliphatic carbocycles. The number of fused-ring (bicyclic) bond motifs is 1. The number of halogens is 2. The van der Waals surface area contributed by atoms with Gasteiger partial charge in [-0.2, -0.15) is 0 Å². The fourth-order valence-corrected chi connectivity index (χ4v) is 3.59. The van der Waals surface area contributed by atoms with Crippen molar-refractivity contribution >= 4 is 28.5 Å². The molecule has 0 radical (unpaired) electrons. The molecule has 1 amide bonds. The van der Waals surface area contributed by atoms with E-state index in [0.717, 1.165) is 41.8 Å². The highest BCUT2D eigenvalue weighted by Crippen LogP contribution is 2.23. The van der Waals surface area contributed by atoms with Crippen LogP contribution in [0, 0.1) is 12.7 Å². The Kier molecular flexibility index (Phi) is 6.35. The minimum absolute atomic E-state index is 0.174. The van der Waals surface area contributed by atoms with E-state index in [-0.39, 0.29) is 5.91 Å². The molecule has 148 valence electrons. The number of aryl methyl sites for hydroxylation is 2. The molecule has 28 heavy (non-hydrogen) atoms. The minimum Gasteiger partial charge on any atom is -0.331 e. The Morgan fingerprint density at radius 2 is 1.96 bits per heavy atom. The zero-order valence-corrected chi connectivity index (χ0v) is 17.3. The number of aromatic nitrogens is 2. The molecule has 0 spiro atoms. The van der Waals surface area contributed by atoms with Gasteiger partial charge in [-0.3, -0.25) is 4.79 Å². The van der Waals surface area contributed by atoms with Crippen molar-refractivity contribution in [3.8, 4) is 0 Å². The molecule has 0 aliphatic heterocycles. The molecule has 3 aromatic rings. The van der Waals surface area contributed by atoms with Crippen LogP contribution in [0.2, 0.25) is 5.02 Å². The summed E-state index contributed by atoms with van der Waals surface area (Å²) in [5.41, 5.74) is 2.99. The van der Waals surface area contributed by atoms with E-state index in [1.807, 2.05) is 32.0 Å². The highest BCUT2D eigenvalue weighted by atomic mass is 35.5. The lowest BCUT2D eigenvalue weighted by Crippen LogP contribution is -2.33. The summed E-state index contributed by atoms with van der Waals surface area (Å²) < 4.78 is 15.8. The largest absolute Gasteiger partial charge is 0.331 e. The van der Waals surface area contributed by atoms with Gasteiger partial charge in [0.1, 0.15) is 11.6 Å². The second-order valence-electron chi connectivity index (χ2n) is 7.00. The molecule has 0 unspecified atom stereocenters. The summed E-state index contributed by atoms with van der Waals surface area (Å²) in [6.07, 6.45) is 1.75. The molecule has 1 aromatic heterocycles. The minimum atomic E-state index is -0.404. The van der Waals surface area contributed by atoms with Crippen LogP contribution in [-0.4, -0.2) is 26.9 Å². The van der Waals surface area contributed by atoms with Crippen molar-refractivity contribution in [2.24, 2.45) is 0 Å². The van der Waals surface area contributed by atoms with Crippen molar-refractivity contribution in [1.82, 2.24) is 14.5 Å². The van der Waals surface area contributed by atoms with E-state index < -0.39 is 5.82 Å². The van der Waals surface area contributed by atoms with Gasteiger partial charge >= 0.3 is 0 Å².